The molecule has 3 aromatic rings. The van der Waals surface area contributed by atoms with E-state index in [2.05, 4.69) is 16.5 Å². The number of anilines is 1. The quantitative estimate of drug-likeness (QED) is 0.564. The molecule has 0 radical (unpaired) electrons. The summed E-state index contributed by atoms with van der Waals surface area (Å²) in [4.78, 5) is 12.1. The Bertz CT molecular complexity index is 993. The molecule has 0 unspecified atom stereocenters. The van der Waals surface area contributed by atoms with E-state index in [-0.39, 0.29) is 5.91 Å². The predicted octanol–water partition coefficient (Wildman–Crippen LogP) is 3.61. The minimum absolute atomic E-state index is 0.0975. The highest BCUT2D eigenvalue weighted by molar-refractivity contribution is 5.90. The maximum absolute atomic E-state index is 12.1. The second-order valence-corrected chi connectivity index (χ2v) is 6.39. The first-order valence-corrected chi connectivity index (χ1v) is 9.25. The van der Waals surface area contributed by atoms with Gasteiger partial charge in [0.05, 0.1) is 43.8 Å². The minimum Gasteiger partial charge on any atom is -0.493 e. The van der Waals surface area contributed by atoms with Crippen molar-refractivity contribution >= 4 is 11.6 Å². The maximum Gasteiger partial charge on any atom is 0.224 e. The standard InChI is InChI=1S/C22H22N4O3/c1-28-21-12-18(13-23)9-10-20(21)29-11-5-8-22(27)25-19-14-24-26(16-19)15-17-6-3-2-4-7-17/h2-4,6-7,9-10,12,14,16H,5,8,11,15H2,1H3,(H,25,27). The summed E-state index contributed by atoms with van der Waals surface area (Å²) in [6, 6.07) is 17.0. The molecule has 0 saturated carbocycles. The van der Waals surface area contributed by atoms with Gasteiger partial charge in [0.2, 0.25) is 5.91 Å². The first kappa shape index (κ1) is 20.0. The van der Waals surface area contributed by atoms with E-state index in [4.69, 9.17) is 14.7 Å². The lowest BCUT2D eigenvalue weighted by atomic mass is 10.2. The molecule has 0 aliphatic rings. The molecule has 2 aromatic carbocycles. The van der Waals surface area contributed by atoms with Gasteiger partial charge in [0.25, 0.3) is 0 Å². The lowest BCUT2D eigenvalue weighted by molar-refractivity contribution is -0.116. The van der Waals surface area contributed by atoms with Crippen LogP contribution in [-0.4, -0.2) is 29.4 Å². The van der Waals surface area contributed by atoms with Gasteiger partial charge in [0, 0.05) is 18.7 Å². The zero-order valence-electron chi connectivity index (χ0n) is 16.2. The van der Waals surface area contributed by atoms with Gasteiger partial charge in [-0.2, -0.15) is 10.4 Å². The predicted molar refractivity (Wildman–Crippen MR) is 109 cm³/mol. The Morgan fingerprint density at radius 1 is 1.21 bits per heavy atom. The number of rotatable bonds is 9. The van der Waals surface area contributed by atoms with Gasteiger partial charge in [-0.3, -0.25) is 9.48 Å². The minimum atomic E-state index is -0.0975. The Morgan fingerprint density at radius 3 is 2.79 bits per heavy atom. The Morgan fingerprint density at radius 2 is 2.03 bits per heavy atom. The fraction of sp³-hybridized carbons (Fsp3) is 0.227. The number of carbonyl (C=O) groups excluding carboxylic acids is 1. The Labute approximate surface area is 169 Å². The number of benzene rings is 2. The van der Waals surface area contributed by atoms with E-state index in [1.54, 1.807) is 29.1 Å². The number of nitrogens with one attached hydrogen (secondary N) is 1. The molecular formula is C22H22N4O3. The van der Waals surface area contributed by atoms with Crippen LogP contribution in [0.4, 0.5) is 5.69 Å². The van der Waals surface area contributed by atoms with E-state index in [0.29, 0.717) is 48.7 Å². The lowest BCUT2D eigenvalue weighted by Gasteiger charge is -2.10. The summed E-state index contributed by atoms with van der Waals surface area (Å²) in [7, 11) is 1.52. The van der Waals surface area contributed by atoms with E-state index < -0.39 is 0 Å². The van der Waals surface area contributed by atoms with Crippen molar-refractivity contribution in [3.8, 4) is 17.6 Å². The van der Waals surface area contributed by atoms with Crippen LogP contribution >= 0.6 is 0 Å². The molecule has 0 spiro atoms. The summed E-state index contributed by atoms with van der Waals surface area (Å²) >= 11 is 0. The topological polar surface area (TPSA) is 89.2 Å². The molecule has 0 bridgehead atoms. The Balaban J connectivity index is 1.42. The van der Waals surface area contributed by atoms with Crippen LogP contribution in [0.1, 0.15) is 24.0 Å². The third kappa shape index (κ3) is 5.84. The van der Waals surface area contributed by atoms with E-state index >= 15 is 0 Å². The summed E-state index contributed by atoms with van der Waals surface area (Å²) in [5.41, 5.74) is 2.31. The van der Waals surface area contributed by atoms with Crippen molar-refractivity contribution < 1.29 is 14.3 Å². The van der Waals surface area contributed by atoms with Gasteiger partial charge in [-0.25, -0.2) is 0 Å². The number of methoxy groups -OCH3 is 1. The molecule has 3 rings (SSSR count). The fourth-order valence-electron chi connectivity index (χ4n) is 2.78. The summed E-state index contributed by atoms with van der Waals surface area (Å²) in [6.07, 6.45) is 4.32. The molecule has 1 amide bonds. The molecule has 29 heavy (non-hydrogen) atoms. The highest BCUT2D eigenvalue weighted by Crippen LogP contribution is 2.27. The van der Waals surface area contributed by atoms with Gasteiger partial charge in [-0.05, 0) is 24.1 Å². The molecule has 0 atom stereocenters. The Kier molecular flexibility index (Phi) is 6.85. The van der Waals surface area contributed by atoms with Crippen molar-refractivity contribution in [1.82, 2.24) is 9.78 Å². The van der Waals surface area contributed by atoms with Crippen molar-refractivity contribution in [1.29, 1.82) is 5.26 Å². The molecule has 1 heterocycles. The number of nitriles is 1. The van der Waals surface area contributed by atoms with Crippen LogP contribution in [0.5, 0.6) is 11.5 Å². The van der Waals surface area contributed by atoms with Crippen molar-refractivity contribution in [3.05, 3.63) is 72.1 Å². The number of nitrogens with zero attached hydrogens (tertiary/aromatic N) is 3. The number of ether oxygens (including phenoxy) is 2. The van der Waals surface area contributed by atoms with Crippen molar-refractivity contribution in [3.63, 3.8) is 0 Å². The highest BCUT2D eigenvalue weighted by Gasteiger charge is 2.08. The molecule has 7 nitrogen and oxygen atoms in total. The van der Waals surface area contributed by atoms with Crippen LogP contribution in [-0.2, 0) is 11.3 Å². The second kappa shape index (κ2) is 9.95. The molecule has 0 aliphatic carbocycles. The number of carbonyl (C=O) groups is 1. The van der Waals surface area contributed by atoms with Crippen molar-refractivity contribution in [2.24, 2.45) is 0 Å². The zero-order valence-corrected chi connectivity index (χ0v) is 16.2. The molecule has 148 valence electrons. The molecule has 1 N–H and O–H groups in total. The van der Waals surface area contributed by atoms with Crippen LogP contribution in [0.2, 0.25) is 0 Å². The van der Waals surface area contributed by atoms with Gasteiger partial charge in [0.1, 0.15) is 0 Å². The van der Waals surface area contributed by atoms with Crippen molar-refractivity contribution in [2.45, 2.75) is 19.4 Å². The third-order valence-electron chi connectivity index (χ3n) is 4.20. The molecule has 0 fully saturated rings. The molecule has 0 saturated heterocycles. The summed E-state index contributed by atoms with van der Waals surface area (Å²) in [6.45, 7) is 1.01. The SMILES string of the molecule is COc1cc(C#N)ccc1OCCCC(=O)Nc1cnn(Cc2ccccc2)c1. The first-order valence-electron chi connectivity index (χ1n) is 9.25. The van der Waals surface area contributed by atoms with Crippen LogP contribution in [0.3, 0.4) is 0 Å². The zero-order chi connectivity index (χ0) is 20.5. The van der Waals surface area contributed by atoms with Gasteiger partial charge < -0.3 is 14.8 Å². The van der Waals surface area contributed by atoms with Gasteiger partial charge in [-0.1, -0.05) is 30.3 Å². The summed E-state index contributed by atoms with van der Waals surface area (Å²) in [5, 5.41) is 16.0. The van der Waals surface area contributed by atoms with Crippen LogP contribution in [0, 0.1) is 11.3 Å². The number of amides is 1. The van der Waals surface area contributed by atoms with E-state index in [0.717, 1.165) is 5.56 Å². The average Bonchev–Trinajstić information content (AvgIpc) is 3.18. The monoisotopic (exact) mass is 390 g/mol. The van der Waals surface area contributed by atoms with E-state index in [9.17, 15) is 4.79 Å². The molecule has 7 heteroatoms. The number of hydrogen-bond donors (Lipinski definition) is 1. The lowest BCUT2D eigenvalue weighted by Crippen LogP contribution is -2.12. The maximum atomic E-state index is 12.1. The molecular weight excluding hydrogens is 368 g/mol. The smallest absolute Gasteiger partial charge is 0.224 e. The number of hydrogen-bond acceptors (Lipinski definition) is 5. The van der Waals surface area contributed by atoms with E-state index in [1.165, 1.54) is 7.11 Å². The number of aromatic nitrogens is 2. The van der Waals surface area contributed by atoms with Crippen LogP contribution in [0.25, 0.3) is 0 Å². The second-order valence-electron chi connectivity index (χ2n) is 6.39. The van der Waals surface area contributed by atoms with Crippen LogP contribution < -0.4 is 14.8 Å². The van der Waals surface area contributed by atoms with Gasteiger partial charge >= 0.3 is 0 Å². The molecule has 1 aromatic heterocycles. The average molecular weight is 390 g/mol. The largest absolute Gasteiger partial charge is 0.493 e. The normalized spacial score (nSPS) is 10.2. The molecule has 0 aliphatic heterocycles. The first-order chi connectivity index (χ1) is 14.2. The Hall–Kier alpha value is -3.79. The van der Waals surface area contributed by atoms with E-state index in [1.807, 2.05) is 36.5 Å². The van der Waals surface area contributed by atoms with Gasteiger partial charge in [-0.15, -0.1) is 0 Å². The fourth-order valence-corrected chi connectivity index (χ4v) is 2.78. The van der Waals surface area contributed by atoms with Gasteiger partial charge in [0.15, 0.2) is 11.5 Å². The summed E-state index contributed by atoms with van der Waals surface area (Å²) < 4.78 is 12.7. The summed E-state index contributed by atoms with van der Waals surface area (Å²) in [5.74, 6) is 0.952. The van der Waals surface area contributed by atoms with Crippen molar-refractivity contribution in [2.75, 3.05) is 19.0 Å². The highest BCUT2D eigenvalue weighted by atomic mass is 16.5. The third-order valence-corrected chi connectivity index (χ3v) is 4.20. The van der Waals surface area contributed by atoms with Crippen LogP contribution in [0.15, 0.2) is 60.9 Å².